The summed E-state index contributed by atoms with van der Waals surface area (Å²) in [6.07, 6.45) is -0.744. The molecule has 0 radical (unpaired) electrons. The Bertz CT molecular complexity index is 826. The standard InChI is InChI=1S/C21H25ClN2O3/c1-12(2)23-21(26)17-8-6-7-9-18(17)24-20(25)15(5)27-16-10-13(3)19(22)14(4)11-16/h6-12,15H,1-5H3,(H,23,26)(H,24,25)/t15-/m0/s1. The maximum atomic E-state index is 12.6. The van der Waals surface area contributed by atoms with Gasteiger partial charge in [-0.1, -0.05) is 23.7 Å². The number of benzene rings is 2. The summed E-state index contributed by atoms with van der Waals surface area (Å²) in [5, 5.41) is 6.28. The summed E-state index contributed by atoms with van der Waals surface area (Å²) in [5.41, 5.74) is 2.62. The number of nitrogens with one attached hydrogen (secondary N) is 2. The predicted molar refractivity (Wildman–Crippen MR) is 109 cm³/mol. The summed E-state index contributed by atoms with van der Waals surface area (Å²) < 4.78 is 5.76. The molecule has 2 amide bonds. The van der Waals surface area contributed by atoms with Crippen molar-refractivity contribution in [2.75, 3.05) is 5.32 Å². The van der Waals surface area contributed by atoms with Gasteiger partial charge in [-0.05, 0) is 70.0 Å². The van der Waals surface area contributed by atoms with Crippen LogP contribution < -0.4 is 15.4 Å². The van der Waals surface area contributed by atoms with Crippen LogP contribution in [0.15, 0.2) is 36.4 Å². The van der Waals surface area contributed by atoms with Gasteiger partial charge in [0.1, 0.15) is 5.75 Å². The first kappa shape index (κ1) is 20.8. The van der Waals surface area contributed by atoms with Crippen molar-refractivity contribution >= 4 is 29.1 Å². The lowest BCUT2D eigenvalue weighted by atomic mass is 10.1. The number of anilines is 1. The molecular weight excluding hydrogens is 364 g/mol. The minimum Gasteiger partial charge on any atom is -0.481 e. The van der Waals surface area contributed by atoms with Crippen LogP contribution in [0.5, 0.6) is 5.75 Å². The van der Waals surface area contributed by atoms with Gasteiger partial charge < -0.3 is 15.4 Å². The lowest BCUT2D eigenvalue weighted by Gasteiger charge is -2.18. The van der Waals surface area contributed by atoms with E-state index in [-0.39, 0.29) is 17.9 Å². The minimum absolute atomic E-state index is 0.0000939. The molecule has 0 saturated carbocycles. The van der Waals surface area contributed by atoms with Crippen LogP contribution in [0.4, 0.5) is 5.69 Å². The molecule has 1 atom stereocenters. The number of halogens is 1. The fraction of sp³-hybridized carbons (Fsp3) is 0.333. The van der Waals surface area contributed by atoms with Crippen LogP contribution in [0.25, 0.3) is 0 Å². The van der Waals surface area contributed by atoms with Crippen molar-refractivity contribution in [1.29, 1.82) is 0 Å². The van der Waals surface area contributed by atoms with Crippen LogP contribution in [0.1, 0.15) is 42.3 Å². The number of para-hydroxylation sites is 1. The van der Waals surface area contributed by atoms with Crippen LogP contribution in [-0.4, -0.2) is 24.0 Å². The summed E-state index contributed by atoms with van der Waals surface area (Å²) in [7, 11) is 0. The average molecular weight is 389 g/mol. The van der Waals surface area contributed by atoms with Gasteiger partial charge in [-0.25, -0.2) is 0 Å². The second-order valence-corrected chi connectivity index (χ2v) is 7.17. The molecule has 0 bridgehead atoms. The third-order valence-electron chi connectivity index (χ3n) is 3.94. The average Bonchev–Trinajstić information content (AvgIpc) is 2.59. The molecule has 0 aromatic heterocycles. The third-order valence-corrected chi connectivity index (χ3v) is 4.54. The normalized spacial score (nSPS) is 11.8. The van der Waals surface area contributed by atoms with Crippen LogP contribution >= 0.6 is 11.6 Å². The van der Waals surface area contributed by atoms with Gasteiger partial charge in [-0.2, -0.15) is 0 Å². The number of ether oxygens (including phenoxy) is 1. The molecule has 5 nitrogen and oxygen atoms in total. The number of amides is 2. The highest BCUT2D eigenvalue weighted by Crippen LogP contribution is 2.26. The fourth-order valence-electron chi connectivity index (χ4n) is 2.60. The Balaban J connectivity index is 2.12. The van der Waals surface area contributed by atoms with Gasteiger partial charge in [-0.15, -0.1) is 0 Å². The molecule has 2 rings (SSSR count). The van der Waals surface area contributed by atoms with E-state index in [0.717, 1.165) is 11.1 Å². The third kappa shape index (κ3) is 5.47. The largest absolute Gasteiger partial charge is 0.481 e. The van der Waals surface area contributed by atoms with E-state index in [4.69, 9.17) is 16.3 Å². The van der Waals surface area contributed by atoms with Gasteiger partial charge in [0.15, 0.2) is 6.10 Å². The molecule has 6 heteroatoms. The van der Waals surface area contributed by atoms with Crippen molar-refractivity contribution in [2.45, 2.75) is 46.8 Å². The summed E-state index contributed by atoms with van der Waals surface area (Å²) in [4.78, 5) is 24.9. The molecule has 27 heavy (non-hydrogen) atoms. The van der Waals surface area contributed by atoms with E-state index < -0.39 is 6.10 Å². The number of carbonyl (C=O) groups excluding carboxylic acids is 2. The maximum absolute atomic E-state index is 12.6. The zero-order valence-electron chi connectivity index (χ0n) is 16.2. The van der Waals surface area contributed by atoms with E-state index in [1.165, 1.54) is 0 Å². The number of hydrogen-bond donors (Lipinski definition) is 2. The Morgan fingerprint density at radius 3 is 2.22 bits per heavy atom. The predicted octanol–water partition coefficient (Wildman–Crippen LogP) is 4.50. The van der Waals surface area contributed by atoms with Crippen LogP contribution in [0, 0.1) is 13.8 Å². The first-order valence-electron chi connectivity index (χ1n) is 8.83. The van der Waals surface area contributed by atoms with Gasteiger partial charge in [0.25, 0.3) is 11.8 Å². The Hall–Kier alpha value is -2.53. The maximum Gasteiger partial charge on any atom is 0.265 e. The second kappa shape index (κ2) is 8.91. The Kier molecular flexibility index (Phi) is 6.86. The van der Waals surface area contributed by atoms with Crippen LogP contribution in [0.3, 0.4) is 0 Å². The van der Waals surface area contributed by atoms with Crippen molar-refractivity contribution in [3.63, 3.8) is 0 Å². The van der Waals surface area contributed by atoms with Gasteiger partial charge in [0, 0.05) is 11.1 Å². The van der Waals surface area contributed by atoms with E-state index in [9.17, 15) is 9.59 Å². The summed E-state index contributed by atoms with van der Waals surface area (Å²) in [6, 6.07) is 10.5. The highest BCUT2D eigenvalue weighted by molar-refractivity contribution is 6.32. The van der Waals surface area contributed by atoms with E-state index in [2.05, 4.69) is 10.6 Å². The molecule has 0 spiro atoms. The minimum atomic E-state index is -0.744. The molecule has 0 fully saturated rings. The molecule has 0 aliphatic carbocycles. The summed E-state index contributed by atoms with van der Waals surface area (Å²) in [6.45, 7) is 9.19. The highest BCUT2D eigenvalue weighted by atomic mass is 35.5. The van der Waals surface area contributed by atoms with Gasteiger partial charge in [0.2, 0.25) is 0 Å². The molecular formula is C21H25ClN2O3. The highest BCUT2D eigenvalue weighted by Gasteiger charge is 2.19. The van der Waals surface area contributed by atoms with E-state index in [0.29, 0.717) is 22.0 Å². The Morgan fingerprint density at radius 2 is 1.63 bits per heavy atom. The van der Waals surface area contributed by atoms with Crippen molar-refractivity contribution < 1.29 is 14.3 Å². The molecule has 144 valence electrons. The first-order chi connectivity index (χ1) is 12.7. The van der Waals surface area contributed by atoms with Crippen LogP contribution in [0.2, 0.25) is 5.02 Å². The molecule has 2 aromatic carbocycles. The van der Waals surface area contributed by atoms with Crippen molar-refractivity contribution in [1.82, 2.24) is 5.32 Å². The van der Waals surface area contributed by atoms with Crippen molar-refractivity contribution in [3.05, 3.63) is 58.1 Å². The van der Waals surface area contributed by atoms with Crippen molar-refractivity contribution in [2.24, 2.45) is 0 Å². The van der Waals surface area contributed by atoms with Gasteiger partial charge in [-0.3, -0.25) is 9.59 Å². The molecule has 0 saturated heterocycles. The SMILES string of the molecule is Cc1cc(O[C@@H](C)C(=O)Nc2ccccc2C(=O)NC(C)C)cc(C)c1Cl. The number of hydrogen-bond acceptors (Lipinski definition) is 3. The molecule has 2 N–H and O–H groups in total. The fourth-order valence-corrected chi connectivity index (χ4v) is 2.71. The lowest BCUT2D eigenvalue weighted by molar-refractivity contribution is -0.122. The van der Waals surface area contributed by atoms with Gasteiger partial charge >= 0.3 is 0 Å². The quantitative estimate of drug-likeness (QED) is 0.765. The Morgan fingerprint density at radius 1 is 1.04 bits per heavy atom. The van der Waals surface area contributed by atoms with E-state index >= 15 is 0 Å². The monoisotopic (exact) mass is 388 g/mol. The van der Waals surface area contributed by atoms with E-state index in [1.807, 2.05) is 27.7 Å². The number of carbonyl (C=O) groups is 2. The molecule has 0 unspecified atom stereocenters. The summed E-state index contributed by atoms with van der Waals surface area (Å²) in [5.74, 6) is -0.00800. The molecule has 0 aliphatic rings. The number of aryl methyl sites for hydroxylation is 2. The van der Waals surface area contributed by atoms with E-state index in [1.54, 1.807) is 43.3 Å². The van der Waals surface area contributed by atoms with Crippen LogP contribution in [-0.2, 0) is 4.79 Å². The van der Waals surface area contributed by atoms with Crippen molar-refractivity contribution in [3.8, 4) is 5.75 Å². The zero-order valence-corrected chi connectivity index (χ0v) is 17.0. The number of rotatable bonds is 6. The molecule has 2 aromatic rings. The smallest absolute Gasteiger partial charge is 0.265 e. The second-order valence-electron chi connectivity index (χ2n) is 6.79. The molecule has 0 aliphatic heterocycles. The molecule has 0 heterocycles. The first-order valence-corrected chi connectivity index (χ1v) is 9.21. The summed E-state index contributed by atoms with van der Waals surface area (Å²) >= 11 is 6.17. The Labute approximate surface area is 165 Å². The van der Waals surface area contributed by atoms with Gasteiger partial charge in [0.05, 0.1) is 11.3 Å². The lowest BCUT2D eigenvalue weighted by Crippen LogP contribution is -2.33. The topological polar surface area (TPSA) is 67.4 Å². The zero-order chi connectivity index (χ0) is 20.1.